The number of urea groups is 1. The number of fused-ring (bicyclic) bond motifs is 1. The number of carbonyl (C=O) groups is 1. The van der Waals surface area contributed by atoms with Crippen LogP contribution < -0.4 is 11.1 Å². The van der Waals surface area contributed by atoms with Crippen molar-refractivity contribution in [3.8, 4) is 0 Å². The molecule has 1 fully saturated rings. The number of halogens is 6. The number of nitrogens with one attached hydrogen (secondary N) is 2. The highest BCUT2D eigenvalue weighted by atomic mass is 19.4. The van der Waals surface area contributed by atoms with Gasteiger partial charge in [0.25, 0.3) is 0 Å². The Morgan fingerprint density at radius 3 is 2.48 bits per heavy atom. The molecule has 0 saturated carbocycles. The first-order chi connectivity index (χ1) is 14.2. The van der Waals surface area contributed by atoms with E-state index in [1.54, 1.807) is 0 Å². The summed E-state index contributed by atoms with van der Waals surface area (Å²) in [7, 11) is 0. The maximum absolute atomic E-state index is 12.9. The number of amides is 2. The standard InChI is InChI=1S/C17H20F6N6O2/c1-15(2,17(21,22)23)31-7-9(24)12-26-10-4-3-8(25-13(10)28-12)5-29-6-11(16(18,19)20)27-14(29)30/h3-4,9,11H,5-7,24H2,1-2H3,(H,27,30)(H,25,26,28)/t9-,11?/m0/s1. The number of imidazole rings is 1. The van der Waals surface area contributed by atoms with Crippen LogP contribution in [0.1, 0.15) is 31.4 Å². The minimum absolute atomic E-state index is 0.133. The summed E-state index contributed by atoms with van der Waals surface area (Å²) < 4.78 is 81.9. The zero-order chi connectivity index (χ0) is 23.2. The quantitative estimate of drug-likeness (QED) is 0.582. The third kappa shape index (κ3) is 5.01. The van der Waals surface area contributed by atoms with Crippen molar-refractivity contribution in [2.75, 3.05) is 13.2 Å². The van der Waals surface area contributed by atoms with Crippen molar-refractivity contribution in [3.05, 3.63) is 23.7 Å². The first kappa shape index (κ1) is 23.1. The molecule has 2 amide bonds. The zero-order valence-corrected chi connectivity index (χ0v) is 16.4. The highest BCUT2D eigenvalue weighted by Gasteiger charge is 2.49. The molecule has 2 aromatic heterocycles. The third-order valence-corrected chi connectivity index (χ3v) is 4.82. The summed E-state index contributed by atoms with van der Waals surface area (Å²) in [5.41, 5.74) is 4.34. The second-order valence-electron chi connectivity index (χ2n) is 7.65. The minimum Gasteiger partial charge on any atom is -0.364 e. The van der Waals surface area contributed by atoms with Gasteiger partial charge < -0.3 is 25.7 Å². The van der Waals surface area contributed by atoms with Crippen LogP contribution in [0, 0.1) is 0 Å². The van der Waals surface area contributed by atoms with Gasteiger partial charge in [0, 0.05) is 0 Å². The Bertz CT molecular complexity index is 957. The monoisotopic (exact) mass is 454 g/mol. The molecule has 4 N–H and O–H groups in total. The van der Waals surface area contributed by atoms with Gasteiger partial charge in [-0.3, -0.25) is 0 Å². The van der Waals surface area contributed by atoms with E-state index in [9.17, 15) is 31.1 Å². The summed E-state index contributed by atoms with van der Waals surface area (Å²) in [4.78, 5) is 23.9. The van der Waals surface area contributed by atoms with Crippen molar-refractivity contribution in [3.63, 3.8) is 0 Å². The van der Waals surface area contributed by atoms with Crippen LogP contribution in [0.4, 0.5) is 31.1 Å². The lowest BCUT2D eigenvalue weighted by atomic mass is 10.1. The minimum atomic E-state index is -4.58. The Labute approximate surface area is 172 Å². The summed E-state index contributed by atoms with van der Waals surface area (Å²) in [6.45, 7) is 0.566. The number of pyridine rings is 1. The van der Waals surface area contributed by atoms with Crippen LogP contribution in [-0.4, -0.2) is 63.0 Å². The number of H-pyrrole nitrogens is 1. The Morgan fingerprint density at radius 2 is 1.90 bits per heavy atom. The summed E-state index contributed by atoms with van der Waals surface area (Å²) >= 11 is 0. The molecular formula is C17H20F6N6O2. The highest BCUT2D eigenvalue weighted by molar-refractivity contribution is 5.77. The molecule has 0 bridgehead atoms. The number of nitrogens with two attached hydrogens (primary N) is 1. The molecular weight excluding hydrogens is 434 g/mol. The smallest absolute Gasteiger partial charge is 0.364 e. The lowest BCUT2D eigenvalue weighted by molar-refractivity contribution is -0.264. The largest absolute Gasteiger partial charge is 0.416 e. The van der Waals surface area contributed by atoms with Gasteiger partial charge in [-0.15, -0.1) is 0 Å². The van der Waals surface area contributed by atoms with E-state index in [0.717, 1.165) is 18.7 Å². The van der Waals surface area contributed by atoms with Crippen LogP contribution in [0.3, 0.4) is 0 Å². The number of alkyl halides is 6. The number of hydrogen-bond acceptors (Lipinski definition) is 5. The van der Waals surface area contributed by atoms with E-state index in [-0.39, 0.29) is 23.7 Å². The SMILES string of the molecule is CC(C)(OC[C@H](N)c1nc2nc(CN3CC(C(F)(F)F)NC3=O)ccc2[nH]1)C(F)(F)F. The maximum Gasteiger partial charge on any atom is 0.416 e. The molecule has 2 atom stereocenters. The molecule has 1 unspecified atom stereocenters. The molecule has 172 valence electrons. The second-order valence-corrected chi connectivity index (χ2v) is 7.65. The molecule has 1 saturated heterocycles. The van der Waals surface area contributed by atoms with Crippen LogP contribution in [0.25, 0.3) is 11.2 Å². The van der Waals surface area contributed by atoms with Gasteiger partial charge >= 0.3 is 18.4 Å². The van der Waals surface area contributed by atoms with Gasteiger partial charge in [-0.05, 0) is 26.0 Å². The second kappa shape index (κ2) is 7.82. The molecule has 0 radical (unpaired) electrons. The molecule has 1 aliphatic rings. The molecule has 3 heterocycles. The Hall–Kier alpha value is -2.61. The summed E-state index contributed by atoms with van der Waals surface area (Å²) in [5, 5.41) is 1.86. The van der Waals surface area contributed by atoms with Crippen molar-refractivity contribution in [2.45, 2.75) is 50.4 Å². The van der Waals surface area contributed by atoms with Gasteiger partial charge in [-0.1, -0.05) is 0 Å². The predicted octanol–water partition coefficient (Wildman–Crippen LogP) is 2.77. The lowest BCUT2D eigenvalue weighted by Gasteiger charge is -2.28. The van der Waals surface area contributed by atoms with Crippen molar-refractivity contribution >= 4 is 17.2 Å². The Kier molecular flexibility index (Phi) is 5.82. The van der Waals surface area contributed by atoms with E-state index in [1.807, 2.05) is 5.32 Å². The number of carbonyl (C=O) groups excluding carboxylic acids is 1. The Balaban J connectivity index is 1.68. The van der Waals surface area contributed by atoms with E-state index < -0.39 is 49.2 Å². The van der Waals surface area contributed by atoms with E-state index in [2.05, 4.69) is 15.0 Å². The molecule has 0 spiro atoms. The fourth-order valence-electron chi connectivity index (χ4n) is 2.78. The number of ether oxygens (including phenoxy) is 1. The van der Waals surface area contributed by atoms with Crippen LogP contribution in [-0.2, 0) is 11.3 Å². The van der Waals surface area contributed by atoms with Crippen molar-refractivity contribution in [1.29, 1.82) is 0 Å². The van der Waals surface area contributed by atoms with Crippen LogP contribution in [0.2, 0.25) is 0 Å². The average molecular weight is 454 g/mol. The van der Waals surface area contributed by atoms with Crippen LogP contribution in [0.15, 0.2) is 12.1 Å². The molecule has 1 aliphatic heterocycles. The van der Waals surface area contributed by atoms with Crippen molar-refractivity contribution in [2.24, 2.45) is 5.73 Å². The van der Waals surface area contributed by atoms with Gasteiger partial charge in [-0.25, -0.2) is 14.8 Å². The predicted molar refractivity (Wildman–Crippen MR) is 95.7 cm³/mol. The van der Waals surface area contributed by atoms with E-state index >= 15 is 0 Å². The summed E-state index contributed by atoms with van der Waals surface area (Å²) in [5.74, 6) is 0.133. The molecule has 14 heteroatoms. The number of rotatable bonds is 6. The van der Waals surface area contributed by atoms with Crippen LogP contribution in [0.5, 0.6) is 0 Å². The zero-order valence-electron chi connectivity index (χ0n) is 16.4. The normalized spacial score (nSPS) is 19.2. The number of aromatic amines is 1. The molecule has 3 rings (SSSR count). The van der Waals surface area contributed by atoms with Gasteiger partial charge in [0.1, 0.15) is 11.9 Å². The molecule has 0 aliphatic carbocycles. The number of nitrogens with zero attached hydrogens (tertiary/aromatic N) is 3. The van der Waals surface area contributed by atoms with Crippen molar-refractivity contribution in [1.82, 2.24) is 25.2 Å². The van der Waals surface area contributed by atoms with Gasteiger partial charge in [0.2, 0.25) is 0 Å². The maximum atomic E-state index is 12.9. The molecule has 2 aromatic rings. The average Bonchev–Trinajstić information content (AvgIpc) is 3.22. The molecule has 31 heavy (non-hydrogen) atoms. The molecule has 0 aromatic carbocycles. The Morgan fingerprint density at radius 1 is 1.23 bits per heavy atom. The van der Waals surface area contributed by atoms with Crippen molar-refractivity contribution < 1.29 is 35.9 Å². The van der Waals surface area contributed by atoms with E-state index in [1.165, 1.54) is 12.1 Å². The number of hydrogen-bond donors (Lipinski definition) is 3. The van der Waals surface area contributed by atoms with Gasteiger partial charge in [0.05, 0.1) is 36.9 Å². The highest BCUT2D eigenvalue weighted by Crippen LogP contribution is 2.33. The van der Waals surface area contributed by atoms with Gasteiger partial charge in [-0.2, -0.15) is 26.3 Å². The third-order valence-electron chi connectivity index (χ3n) is 4.82. The first-order valence-corrected chi connectivity index (χ1v) is 9.11. The van der Waals surface area contributed by atoms with Gasteiger partial charge in [0.15, 0.2) is 11.2 Å². The fraction of sp³-hybridized carbons (Fsp3) is 0.588. The first-order valence-electron chi connectivity index (χ1n) is 9.11. The molecule has 8 nitrogen and oxygen atoms in total. The topological polar surface area (TPSA) is 109 Å². The lowest BCUT2D eigenvalue weighted by Crippen LogP contribution is -2.43. The fourth-order valence-corrected chi connectivity index (χ4v) is 2.78. The van der Waals surface area contributed by atoms with E-state index in [0.29, 0.717) is 5.52 Å². The van der Waals surface area contributed by atoms with E-state index in [4.69, 9.17) is 10.5 Å². The summed E-state index contributed by atoms with van der Waals surface area (Å²) in [6.07, 6.45) is -9.14. The summed E-state index contributed by atoms with van der Waals surface area (Å²) in [6, 6.07) is -0.793. The number of aromatic nitrogens is 3. The van der Waals surface area contributed by atoms with Crippen LogP contribution >= 0.6 is 0 Å².